The van der Waals surface area contributed by atoms with Gasteiger partial charge < -0.3 is 0 Å². The summed E-state index contributed by atoms with van der Waals surface area (Å²) in [6.07, 6.45) is -0.125. The lowest BCUT2D eigenvalue weighted by Gasteiger charge is -2.37. The second-order valence-corrected chi connectivity index (χ2v) is 6.01. The molecule has 1 aliphatic rings. The lowest BCUT2D eigenvalue weighted by Crippen LogP contribution is -2.36. The molecule has 0 bridgehead atoms. The molecule has 2 unspecified atom stereocenters. The molecule has 1 aliphatic heterocycles. The predicted molar refractivity (Wildman–Crippen MR) is 43.7 cm³/mol. The molecule has 3 nitrogen and oxygen atoms in total. The van der Waals surface area contributed by atoms with E-state index >= 15 is 0 Å². The van der Waals surface area contributed by atoms with E-state index in [0.717, 1.165) is 0 Å². The normalized spacial score (nSPS) is 43.8. The van der Waals surface area contributed by atoms with Gasteiger partial charge in [0.15, 0.2) is 0 Å². The van der Waals surface area contributed by atoms with Crippen LogP contribution >= 0.6 is 18.2 Å². The van der Waals surface area contributed by atoms with Crippen molar-refractivity contribution in [3.8, 4) is 0 Å². The number of rotatable bonds is 0. The standard InChI is InChI=1S/C6H12ClO3P/c1-5-6(2,3)4-9-11(7,8)10-5/h5H,4H2,1-3H3. The van der Waals surface area contributed by atoms with Crippen LogP contribution in [0.15, 0.2) is 0 Å². The number of halogens is 1. The van der Waals surface area contributed by atoms with Gasteiger partial charge in [-0.1, -0.05) is 13.8 Å². The second-order valence-electron chi connectivity index (χ2n) is 3.44. The van der Waals surface area contributed by atoms with Gasteiger partial charge in [-0.2, -0.15) is 0 Å². The summed E-state index contributed by atoms with van der Waals surface area (Å²) < 4.78 is 20.9. The topological polar surface area (TPSA) is 35.5 Å². The first-order valence-electron chi connectivity index (χ1n) is 3.46. The molecule has 1 saturated heterocycles. The lowest BCUT2D eigenvalue weighted by atomic mass is 9.89. The van der Waals surface area contributed by atoms with Crippen LogP contribution in [0, 0.1) is 5.41 Å². The Kier molecular flexibility index (Phi) is 2.37. The van der Waals surface area contributed by atoms with Crippen LogP contribution in [0.1, 0.15) is 20.8 Å². The molecule has 1 heterocycles. The molecular weight excluding hydrogens is 186 g/mol. The third-order valence-corrected chi connectivity index (χ3v) is 3.51. The van der Waals surface area contributed by atoms with Gasteiger partial charge in [0.2, 0.25) is 0 Å². The Morgan fingerprint density at radius 3 is 2.55 bits per heavy atom. The van der Waals surface area contributed by atoms with E-state index in [2.05, 4.69) is 0 Å². The Morgan fingerprint density at radius 1 is 1.64 bits per heavy atom. The summed E-state index contributed by atoms with van der Waals surface area (Å²) in [4.78, 5) is 0. The summed E-state index contributed by atoms with van der Waals surface area (Å²) in [5.74, 6) is 0. The SMILES string of the molecule is CC1OP(=O)(Cl)OCC1(C)C. The van der Waals surface area contributed by atoms with Gasteiger partial charge in [0.25, 0.3) is 0 Å². The molecule has 0 aromatic rings. The first-order chi connectivity index (χ1) is 4.83. The molecule has 5 heteroatoms. The predicted octanol–water partition coefficient (Wildman–Crippen LogP) is 2.79. The summed E-state index contributed by atoms with van der Waals surface area (Å²) in [5.41, 5.74) is -0.108. The van der Waals surface area contributed by atoms with Crippen LogP contribution in [0.4, 0.5) is 0 Å². The van der Waals surface area contributed by atoms with Gasteiger partial charge in [0.05, 0.1) is 12.7 Å². The van der Waals surface area contributed by atoms with E-state index in [-0.39, 0.29) is 11.5 Å². The molecule has 66 valence electrons. The zero-order valence-corrected chi connectivity index (χ0v) is 8.48. The van der Waals surface area contributed by atoms with Crippen molar-refractivity contribution in [1.82, 2.24) is 0 Å². The van der Waals surface area contributed by atoms with E-state index in [4.69, 9.17) is 20.3 Å². The minimum atomic E-state index is -3.25. The quantitative estimate of drug-likeness (QED) is 0.562. The van der Waals surface area contributed by atoms with Gasteiger partial charge in [-0.15, -0.1) is 0 Å². The highest BCUT2D eigenvalue weighted by Crippen LogP contribution is 2.59. The first kappa shape index (κ1) is 9.53. The average molecular weight is 199 g/mol. The average Bonchev–Trinajstić information content (AvgIpc) is 1.81. The third kappa shape index (κ3) is 2.19. The Balaban J connectivity index is 2.70. The monoisotopic (exact) mass is 198 g/mol. The maximum atomic E-state index is 11.1. The van der Waals surface area contributed by atoms with Crippen LogP contribution in [0.2, 0.25) is 0 Å². The van der Waals surface area contributed by atoms with Gasteiger partial charge >= 0.3 is 6.95 Å². The zero-order chi connectivity index (χ0) is 8.70. The molecule has 2 atom stereocenters. The fourth-order valence-corrected chi connectivity index (χ4v) is 2.44. The molecule has 0 radical (unpaired) electrons. The summed E-state index contributed by atoms with van der Waals surface area (Å²) >= 11 is 5.41. The van der Waals surface area contributed by atoms with E-state index in [0.29, 0.717) is 6.61 Å². The molecule has 1 rings (SSSR count). The lowest BCUT2D eigenvalue weighted by molar-refractivity contribution is -0.00800. The molecule has 0 aromatic heterocycles. The Hall–Kier alpha value is 0.440. The van der Waals surface area contributed by atoms with Crippen molar-refractivity contribution in [2.75, 3.05) is 6.61 Å². The number of hydrogen-bond acceptors (Lipinski definition) is 3. The molecule has 0 aromatic carbocycles. The third-order valence-electron chi connectivity index (χ3n) is 1.98. The highest BCUT2D eigenvalue weighted by atomic mass is 35.7. The molecule has 1 fully saturated rings. The van der Waals surface area contributed by atoms with Crippen LogP contribution < -0.4 is 0 Å². The van der Waals surface area contributed by atoms with E-state index in [1.807, 2.05) is 20.8 Å². The molecular formula is C6H12ClO3P. The first-order valence-corrected chi connectivity index (χ1v) is 5.91. The largest absolute Gasteiger partial charge is 0.424 e. The maximum Gasteiger partial charge on any atom is 0.424 e. The van der Waals surface area contributed by atoms with Crippen molar-refractivity contribution in [2.45, 2.75) is 26.9 Å². The van der Waals surface area contributed by atoms with Crippen LogP contribution in [-0.2, 0) is 13.6 Å². The summed E-state index contributed by atoms with van der Waals surface area (Å²) in [6.45, 7) is 2.94. The van der Waals surface area contributed by atoms with Gasteiger partial charge in [-0.3, -0.25) is 9.05 Å². The smallest absolute Gasteiger partial charge is 0.296 e. The fourth-order valence-electron chi connectivity index (χ4n) is 0.723. The second kappa shape index (κ2) is 2.74. The summed E-state index contributed by atoms with van der Waals surface area (Å²) in [5, 5.41) is 0. The molecule has 0 N–H and O–H groups in total. The molecule has 0 amide bonds. The summed E-state index contributed by atoms with van der Waals surface area (Å²) in [6, 6.07) is 0. The zero-order valence-electron chi connectivity index (χ0n) is 6.83. The van der Waals surface area contributed by atoms with Crippen LogP contribution in [0.5, 0.6) is 0 Å². The van der Waals surface area contributed by atoms with E-state index in [1.54, 1.807) is 0 Å². The Bertz CT molecular complexity index is 204. The van der Waals surface area contributed by atoms with Crippen molar-refractivity contribution in [3.05, 3.63) is 0 Å². The van der Waals surface area contributed by atoms with Crippen molar-refractivity contribution in [2.24, 2.45) is 5.41 Å². The molecule has 0 saturated carbocycles. The van der Waals surface area contributed by atoms with Crippen LogP contribution in [0.3, 0.4) is 0 Å². The van der Waals surface area contributed by atoms with Crippen LogP contribution in [0.25, 0.3) is 0 Å². The molecule has 0 aliphatic carbocycles. The highest BCUT2D eigenvalue weighted by molar-refractivity contribution is 7.81. The van der Waals surface area contributed by atoms with Crippen LogP contribution in [-0.4, -0.2) is 12.7 Å². The van der Waals surface area contributed by atoms with Crippen molar-refractivity contribution >= 4 is 18.2 Å². The van der Waals surface area contributed by atoms with E-state index < -0.39 is 6.95 Å². The van der Waals surface area contributed by atoms with Gasteiger partial charge in [-0.25, -0.2) is 4.57 Å². The Morgan fingerprint density at radius 2 is 2.18 bits per heavy atom. The van der Waals surface area contributed by atoms with E-state index in [1.165, 1.54) is 0 Å². The van der Waals surface area contributed by atoms with E-state index in [9.17, 15) is 4.57 Å². The summed E-state index contributed by atoms with van der Waals surface area (Å²) in [7, 11) is 0. The van der Waals surface area contributed by atoms with Crippen molar-refractivity contribution in [3.63, 3.8) is 0 Å². The van der Waals surface area contributed by atoms with Crippen molar-refractivity contribution < 1.29 is 13.6 Å². The number of hydrogen-bond donors (Lipinski definition) is 0. The minimum Gasteiger partial charge on any atom is -0.296 e. The van der Waals surface area contributed by atoms with Gasteiger partial charge in [-0.05, 0) is 6.92 Å². The maximum absolute atomic E-state index is 11.1. The van der Waals surface area contributed by atoms with Gasteiger partial charge in [0, 0.05) is 16.7 Å². The van der Waals surface area contributed by atoms with Gasteiger partial charge in [0.1, 0.15) is 0 Å². The van der Waals surface area contributed by atoms with Crippen molar-refractivity contribution in [1.29, 1.82) is 0 Å². The molecule has 0 spiro atoms. The Labute approximate surface area is 71.3 Å². The highest BCUT2D eigenvalue weighted by Gasteiger charge is 2.40. The fraction of sp³-hybridized carbons (Fsp3) is 1.00. The minimum absolute atomic E-state index is 0.108. The molecule has 11 heavy (non-hydrogen) atoms.